The molecule has 176 valence electrons. The summed E-state index contributed by atoms with van der Waals surface area (Å²) in [4.78, 5) is 19.6. The lowest BCUT2D eigenvalue weighted by Gasteiger charge is -2.29. The summed E-state index contributed by atoms with van der Waals surface area (Å²) in [5.74, 6) is 0.725. The minimum absolute atomic E-state index is 0.0873. The van der Waals surface area contributed by atoms with Gasteiger partial charge in [0, 0.05) is 24.8 Å². The fourth-order valence-corrected chi connectivity index (χ4v) is 5.15. The van der Waals surface area contributed by atoms with Gasteiger partial charge in [-0.15, -0.1) is 4.40 Å². The molecule has 0 spiro atoms. The summed E-state index contributed by atoms with van der Waals surface area (Å²) in [5, 5.41) is 3.01. The molecule has 0 radical (unpaired) electrons. The van der Waals surface area contributed by atoms with E-state index < -0.39 is 15.6 Å². The molecule has 2 aromatic rings. The Bertz CT molecular complexity index is 1190. The number of anilines is 1. The Kier molecular flexibility index (Phi) is 6.29. The molecule has 3 heterocycles. The quantitative estimate of drug-likeness (QED) is 0.661. The summed E-state index contributed by atoms with van der Waals surface area (Å²) in [6.45, 7) is 5.77. The SMILES string of the molecule is CC(C)(COc1cccc2c1C(N)=NS(=O)(=O)C2)NC(=O)c1ccnc(N2CCCCC2)c1. The molecule has 0 unspecified atom stereocenters. The van der Waals surface area contributed by atoms with Gasteiger partial charge in [0.1, 0.15) is 24.0 Å². The van der Waals surface area contributed by atoms with Crippen molar-refractivity contribution in [2.45, 2.75) is 44.4 Å². The number of fused-ring (bicyclic) bond motifs is 1. The van der Waals surface area contributed by atoms with Gasteiger partial charge >= 0.3 is 0 Å². The monoisotopic (exact) mass is 471 g/mol. The number of benzene rings is 1. The van der Waals surface area contributed by atoms with Gasteiger partial charge < -0.3 is 20.7 Å². The second-order valence-electron chi connectivity index (χ2n) is 9.07. The number of nitrogens with two attached hydrogens (primary N) is 1. The van der Waals surface area contributed by atoms with Gasteiger partial charge in [-0.1, -0.05) is 12.1 Å². The average Bonchev–Trinajstić information content (AvgIpc) is 2.77. The van der Waals surface area contributed by atoms with Crippen molar-refractivity contribution in [1.82, 2.24) is 10.3 Å². The number of hydrogen-bond donors (Lipinski definition) is 2. The number of aromatic nitrogens is 1. The second-order valence-corrected chi connectivity index (χ2v) is 10.7. The Morgan fingerprint density at radius 2 is 1.97 bits per heavy atom. The van der Waals surface area contributed by atoms with E-state index in [-0.39, 0.29) is 24.1 Å². The lowest BCUT2D eigenvalue weighted by atomic mass is 10.0. The molecule has 9 nitrogen and oxygen atoms in total. The Balaban J connectivity index is 1.44. The molecule has 0 atom stereocenters. The number of amidine groups is 1. The minimum Gasteiger partial charge on any atom is -0.490 e. The van der Waals surface area contributed by atoms with Gasteiger partial charge in [0.25, 0.3) is 15.9 Å². The Hall–Kier alpha value is -3.14. The highest BCUT2D eigenvalue weighted by Gasteiger charge is 2.27. The number of pyridine rings is 1. The Labute approximate surface area is 194 Å². The van der Waals surface area contributed by atoms with Crippen LogP contribution in [0.5, 0.6) is 5.75 Å². The molecule has 2 aliphatic heterocycles. The molecule has 1 aromatic heterocycles. The van der Waals surface area contributed by atoms with Crippen LogP contribution in [0.1, 0.15) is 54.6 Å². The molecule has 1 amide bonds. The fraction of sp³-hybridized carbons (Fsp3) is 0.435. The van der Waals surface area contributed by atoms with Crippen molar-refractivity contribution in [3.63, 3.8) is 0 Å². The lowest BCUT2D eigenvalue weighted by molar-refractivity contribution is 0.0880. The highest BCUT2D eigenvalue weighted by atomic mass is 32.2. The van der Waals surface area contributed by atoms with Crippen molar-refractivity contribution in [2.75, 3.05) is 24.6 Å². The van der Waals surface area contributed by atoms with Crippen LogP contribution in [0, 0.1) is 0 Å². The van der Waals surface area contributed by atoms with E-state index in [9.17, 15) is 13.2 Å². The largest absolute Gasteiger partial charge is 0.490 e. The Morgan fingerprint density at radius 1 is 1.21 bits per heavy atom. The molecular formula is C23H29N5O4S. The minimum atomic E-state index is -3.62. The standard InChI is InChI=1S/C23H29N5O4S/c1-23(2,15-32-18-8-6-7-17-14-33(30,31)27-21(24)20(17)18)26-22(29)16-9-10-25-19(13-16)28-11-4-3-5-12-28/h6-10,13H,3-5,11-12,14-15H2,1-2H3,(H2,24,27)(H,26,29). The van der Waals surface area contributed by atoms with Crippen LogP contribution in [0.3, 0.4) is 0 Å². The zero-order valence-corrected chi connectivity index (χ0v) is 19.7. The van der Waals surface area contributed by atoms with Crippen LogP contribution in [-0.4, -0.2) is 50.4 Å². The first-order valence-corrected chi connectivity index (χ1v) is 12.6. The number of carbonyl (C=O) groups excluding carboxylic acids is 1. The summed E-state index contributed by atoms with van der Waals surface area (Å²) < 4.78 is 33.3. The first kappa shape index (κ1) is 23.0. The molecule has 3 N–H and O–H groups in total. The summed E-state index contributed by atoms with van der Waals surface area (Å²) in [5.41, 5.74) is 6.76. The fourth-order valence-electron chi connectivity index (χ4n) is 4.06. The van der Waals surface area contributed by atoms with E-state index in [1.165, 1.54) is 6.42 Å². The van der Waals surface area contributed by atoms with E-state index in [2.05, 4.69) is 19.6 Å². The zero-order chi connectivity index (χ0) is 23.6. The number of piperidine rings is 1. The molecule has 2 aliphatic rings. The number of ether oxygens (including phenoxy) is 1. The maximum atomic E-state index is 12.9. The second kappa shape index (κ2) is 9.01. The number of nitrogens with one attached hydrogen (secondary N) is 1. The topological polar surface area (TPSA) is 127 Å². The van der Waals surface area contributed by atoms with Gasteiger partial charge in [-0.05, 0) is 56.9 Å². The highest BCUT2D eigenvalue weighted by Crippen LogP contribution is 2.28. The molecule has 1 aromatic carbocycles. The molecule has 0 saturated carbocycles. The first-order valence-electron chi connectivity index (χ1n) is 11.0. The van der Waals surface area contributed by atoms with Gasteiger partial charge in [0.2, 0.25) is 0 Å². The zero-order valence-electron chi connectivity index (χ0n) is 18.9. The molecule has 0 bridgehead atoms. The molecule has 1 fully saturated rings. The van der Waals surface area contributed by atoms with Crippen molar-refractivity contribution in [3.8, 4) is 5.75 Å². The molecule has 4 rings (SSSR count). The number of rotatable bonds is 6. The molecule has 33 heavy (non-hydrogen) atoms. The van der Waals surface area contributed by atoms with Gasteiger partial charge in [-0.25, -0.2) is 13.4 Å². The predicted molar refractivity (Wildman–Crippen MR) is 127 cm³/mol. The molecule has 0 aliphatic carbocycles. The van der Waals surface area contributed by atoms with Crippen molar-refractivity contribution in [3.05, 3.63) is 53.2 Å². The van der Waals surface area contributed by atoms with Crippen LogP contribution in [-0.2, 0) is 15.8 Å². The highest BCUT2D eigenvalue weighted by molar-refractivity contribution is 7.89. The summed E-state index contributed by atoms with van der Waals surface area (Å²) in [6, 6.07) is 8.64. The summed E-state index contributed by atoms with van der Waals surface area (Å²) in [7, 11) is -3.62. The predicted octanol–water partition coefficient (Wildman–Crippen LogP) is 2.21. The first-order chi connectivity index (χ1) is 15.6. The van der Waals surface area contributed by atoms with Gasteiger partial charge in [-0.3, -0.25) is 4.79 Å². The van der Waals surface area contributed by atoms with Crippen LogP contribution < -0.4 is 20.7 Å². The summed E-state index contributed by atoms with van der Waals surface area (Å²) in [6.07, 6.45) is 5.15. The summed E-state index contributed by atoms with van der Waals surface area (Å²) >= 11 is 0. The van der Waals surface area contributed by atoms with E-state index >= 15 is 0 Å². The molecule has 1 saturated heterocycles. The molecular weight excluding hydrogens is 442 g/mol. The molecule has 10 heteroatoms. The number of carbonyl (C=O) groups is 1. The van der Waals surface area contributed by atoms with E-state index in [1.54, 1.807) is 30.5 Å². The number of amides is 1. The maximum absolute atomic E-state index is 12.9. The van der Waals surface area contributed by atoms with Crippen LogP contribution in [0.2, 0.25) is 0 Å². The lowest BCUT2D eigenvalue weighted by Crippen LogP contribution is -2.48. The number of hydrogen-bond acceptors (Lipinski definition) is 7. The van der Waals surface area contributed by atoms with Crippen LogP contribution in [0.25, 0.3) is 0 Å². The third-order valence-corrected chi connectivity index (χ3v) is 6.82. The van der Waals surface area contributed by atoms with Gasteiger partial charge in [0.15, 0.2) is 0 Å². The maximum Gasteiger partial charge on any atom is 0.259 e. The normalized spacial score (nSPS) is 17.6. The third-order valence-electron chi connectivity index (χ3n) is 5.67. The average molecular weight is 472 g/mol. The number of nitrogens with zero attached hydrogens (tertiary/aromatic N) is 3. The van der Waals surface area contributed by atoms with E-state index in [0.29, 0.717) is 22.4 Å². The Morgan fingerprint density at radius 3 is 2.73 bits per heavy atom. The number of sulfonamides is 1. The van der Waals surface area contributed by atoms with E-state index in [1.807, 2.05) is 19.9 Å². The third kappa shape index (κ3) is 5.44. The van der Waals surface area contributed by atoms with E-state index in [4.69, 9.17) is 10.5 Å². The van der Waals surface area contributed by atoms with Crippen LogP contribution >= 0.6 is 0 Å². The van der Waals surface area contributed by atoms with Gasteiger partial charge in [0.05, 0.1) is 16.9 Å². The van der Waals surface area contributed by atoms with Crippen LogP contribution in [0.4, 0.5) is 5.82 Å². The smallest absolute Gasteiger partial charge is 0.259 e. The van der Waals surface area contributed by atoms with Crippen molar-refractivity contribution >= 4 is 27.6 Å². The van der Waals surface area contributed by atoms with Crippen molar-refractivity contribution in [2.24, 2.45) is 10.1 Å². The van der Waals surface area contributed by atoms with E-state index in [0.717, 1.165) is 31.7 Å². The van der Waals surface area contributed by atoms with Crippen molar-refractivity contribution < 1.29 is 17.9 Å². The van der Waals surface area contributed by atoms with Gasteiger partial charge in [-0.2, -0.15) is 0 Å². The van der Waals surface area contributed by atoms with Crippen molar-refractivity contribution in [1.29, 1.82) is 0 Å². The van der Waals surface area contributed by atoms with Crippen LogP contribution in [0.15, 0.2) is 40.9 Å².